The molecule has 1 amide bonds. The van der Waals surface area contributed by atoms with Gasteiger partial charge >= 0.3 is 5.97 Å². The molecule has 166 valence electrons. The normalized spacial score (nSPS) is 16.1. The fraction of sp³-hybridized carbons (Fsp3) is 0.333. The van der Waals surface area contributed by atoms with Crippen molar-refractivity contribution in [3.8, 4) is 0 Å². The largest absolute Gasteiger partial charge is 0.452 e. The highest BCUT2D eigenvalue weighted by Gasteiger charge is 2.21. The number of carbonyl (C=O) groups excluding carboxylic acids is 2. The van der Waals surface area contributed by atoms with E-state index in [0.717, 1.165) is 12.8 Å². The summed E-state index contributed by atoms with van der Waals surface area (Å²) >= 11 is 0. The highest BCUT2D eigenvalue weighted by Crippen LogP contribution is 2.15. The van der Waals surface area contributed by atoms with Gasteiger partial charge in [0, 0.05) is 18.8 Å². The van der Waals surface area contributed by atoms with Crippen molar-refractivity contribution in [3.05, 3.63) is 59.4 Å². The zero-order valence-corrected chi connectivity index (χ0v) is 17.7. The molecule has 1 aliphatic rings. The summed E-state index contributed by atoms with van der Waals surface area (Å²) in [4.78, 5) is 24.0. The number of benzene rings is 2. The van der Waals surface area contributed by atoms with Crippen LogP contribution in [0.5, 0.6) is 0 Å². The van der Waals surface area contributed by atoms with Gasteiger partial charge in [-0.2, -0.15) is 0 Å². The zero-order chi connectivity index (χ0) is 22.4. The van der Waals surface area contributed by atoms with Crippen LogP contribution in [0.3, 0.4) is 0 Å². The van der Waals surface area contributed by atoms with Gasteiger partial charge in [-0.25, -0.2) is 22.3 Å². The van der Waals surface area contributed by atoms with Crippen LogP contribution in [0.2, 0.25) is 0 Å². The lowest BCUT2D eigenvalue weighted by atomic mass is 10.2. The summed E-state index contributed by atoms with van der Waals surface area (Å²) in [7, 11) is -3.73. The second-order valence-electron chi connectivity index (χ2n) is 7.10. The van der Waals surface area contributed by atoms with E-state index in [2.05, 4.69) is 10.0 Å². The molecule has 1 fully saturated rings. The van der Waals surface area contributed by atoms with Gasteiger partial charge in [-0.1, -0.05) is 6.07 Å². The number of hydrogen-bond donors (Lipinski definition) is 2. The SMILES string of the molecule is Cc1ccc(NC(=O)COC(=O)c2ccc(S(=O)(=O)NCC3CCCO3)cc2)cc1F. The Labute approximate surface area is 179 Å². The first-order chi connectivity index (χ1) is 14.7. The number of sulfonamides is 1. The minimum atomic E-state index is -3.73. The van der Waals surface area contributed by atoms with Crippen molar-refractivity contribution in [1.82, 2.24) is 4.72 Å². The minimum absolute atomic E-state index is 0.00110. The van der Waals surface area contributed by atoms with Gasteiger partial charge in [0.25, 0.3) is 5.91 Å². The molecule has 1 atom stereocenters. The maximum Gasteiger partial charge on any atom is 0.338 e. The number of esters is 1. The molecule has 2 aromatic carbocycles. The Bertz CT molecular complexity index is 1050. The van der Waals surface area contributed by atoms with Gasteiger partial charge in [-0.15, -0.1) is 0 Å². The third kappa shape index (κ3) is 6.33. The number of carbonyl (C=O) groups is 2. The number of anilines is 1. The van der Waals surface area contributed by atoms with Crippen LogP contribution in [0.15, 0.2) is 47.4 Å². The predicted octanol–water partition coefficient (Wildman–Crippen LogP) is 2.39. The van der Waals surface area contributed by atoms with Crippen molar-refractivity contribution in [2.24, 2.45) is 0 Å². The van der Waals surface area contributed by atoms with E-state index in [4.69, 9.17) is 9.47 Å². The molecule has 3 rings (SSSR count). The summed E-state index contributed by atoms with van der Waals surface area (Å²) in [5.74, 6) is -1.88. The molecule has 0 radical (unpaired) electrons. The van der Waals surface area contributed by atoms with Crippen LogP contribution < -0.4 is 10.0 Å². The Kier molecular flexibility index (Phi) is 7.37. The van der Waals surface area contributed by atoms with Crippen LogP contribution in [0.25, 0.3) is 0 Å². The average molecular weight is 450 g/mol. The van der Waals surface area contributed by atoms with Crippen LogP contribution in [0.4, 0.5) is 10.1 Å². The molecule has 0 aromatic heterocycles. The van der Waals surface area contributed by atoms with Crippen molar-refractivity contribution >= 4 is 27.6 Å². The molecular weight excluding hydrogens is 427 g/mol. The van der Waals surface area contributed by atoms with Crippen LogP contribution in [0, 0.1) is 12.7 Å². The second kappa shape index (κ2) is 9.99. The number of rotatable bonds is 8. The van der Waals surface area contributed by atoms with E-state index in [1.165, 1.54) is 42.5 Å². The molecule has 2 N–H and O–H groups in total. The van der Waals surface area contributed by atoms with Gasteiger partial charge in [-0.3, -0.25) is 4.79 Å². The van der Waals surface area contributed by atoms with Crippen LogP contribution >= 0.6 is 0 Å². The summed E-state index contributed by atoms with van der Waals surface area (Å²) in [5, 5.41) is 2.43. The maximum absolute atomic E-state index is 13.5. The lowest BCUT2D eigenvalue weighted by Gasteiger charge is -2.11. The highest BCUT2D eigenvalue weighted by atomic mass is 32.2. The molecule has 0 bridgehead atoms. The number of aryl methyl sites for hydroxylation is 1. The lowest BCUT2D eigenvalue weighted by molar-refractivity contribution is -0.119. The molecule has 8 nitrogen and oxygen atoms in total. The Hall–Kier alpha value is -2.82. The fourth-order valence-electron chi connectivity index (χ4n) is 2.94. The van der Waals surface area contributed by atoms with Gasteiger partial charge in [0.05, 0.1) is 16.6 Å². The van der Waals surface area contributed by atoms with E-state index in [0.29, 0.717) is 12.2 Å². The van der Waals surface area contributed by atoms with E-state index >= 15 is 0 Å². The number of halogens is 1. The number of nitrogens with one attached hydrogen (secondary N) is 2. The molecule has 1 saturated heterocycles. The summed E-state index contributed by atoms with van der Waals surface area (Å²) in [6.07, 6.45) is 1.58. The Morgan fingerprint density at radius 3 is 2.58 bits per heavy atom. The first-order valence-electron chi connectivity index (χ1n) is 9.69. The highest BCUT2D eigenvalue weighted by molar-refractivity contribution is 7.89. The van der Waals surface area contributed by atoms with Gasteiger partial charge in [-0.05, 0) is 61.7 Å². The minimum Gasteiger partial charge on any atom is -0.452 e. The molecule has 0 aliphatic carbocycles. The van der Waals surface area contributed by atoms with Crippen molar-refractivity contribution in [2.75, 3.05) is 25.1 Å². The lowest BCUT2D eigenvalue weighted by Crippen LogP contribution is -2.31. The monoisotopic (exact) mass is 450 g/mol. The molecular formula is C21H23FN2O6S. The topological polar surface area (TPSA) is 111 Å². The van der Waals surface area contributed by atoms with Gasteiger partial charge in [0.15, 0.2) is 6.61 Å². The van der Waals surface area contributed by atoms with Crippen molar-refractivity contribution in [2.45, 2.75) is 30.8 Å². The van der Waals surface area contributed by atoms with Crippen molar-refractivity contribution in [1.29, 1.82) is 0 Å². The summed E-state index contributed by atoms with van der Waals surface area (Å²) < 4.78 is 51.0. The number of hydrogen-bond acceptors (Lipinski definition) is 6. The Balaban J connectivity index is 1.51. The molecule has 1 aliphatic heterocycles. The predicted molar refractivity (Wildman–Crippen MR) is 111 cm³/mol. The molecule has 31 heavy (non-hydrogen) atoms. The number of amides is 1. The van der Waals surface area contributed by atoms with Gasteiger partial charge < -0.3 is 14.8 Å². The van der Waals surface area contributed by atoms with E-state index in [9.17, 15) is 22.4 Å². The smallest absolute Gasteiger partial charge is 0.338 e. The van der Waals surface area contributed by atoms with Crippen molar-refractivity contribution in [3.63, 3.8) is 0 Å². The van der Waals surface area contributed by atoms with E-state index in [1.807, 2.05) is 0 Å². The Morgan fingerprint density at radius 1 is 1.19 bits per heavy atom. The Morgan fingerprint density at radius 2 is 1.94 bits per heavy atom. The summed E-state index contributed by atoms with van der Waals surface area (Å²) in [6, 6.07) is 9.38. The summed E-state index contributed by atoms with van der Waals surface area (Å²) in [5.41, 5.74) is 0.776. The van der Waals surface area contributed by atoms with Crippen LogP contribution in [-0.2, 0) is 24.3 Å². The molecule has 0 saturated carbocycles. The molecule has 1 heterocycles. The third-order valence-electron chi connectivity index (χ3n) is 4.72. The van der Waals surface area contributed by atoms with Crippen molar-refractivity contribution < 1.29 is 31.9 Å². The maximum atomic E-state index is 13.5. The molecule has 2 aromatic rings. The standard InChI is InChI=1S/C21H23FN2O6S/c1-14-4-7-16(11-19(14)22)24-20(25)13-30-21(26)15-5-8-18(9-6-15)31(27,28)23-12-17-3-2-10-29-17/h4-9,11,17,23H,2-3,10,12-13H2,1H3,(H,24,25). The second-order valence-corrected chi connectivity index (χ2v) is 8.87. The van der Waals surface area contributed by atoms with E-state index in [-0.39, 0.29) is 28.8 Å². The quantitative estimate of drug-likeness (QED) is 0.598. The van der Waals surface area contributed by atoms with Crippen LogP contribution in [-0.4, -0.2) is 46.2 Å². The molecule has 0 spiro atoms. The first-order valence-corrected chi connectivity index (χ1v) is 11.2. The summed E-state index contributed by atoms with van der Waals surface area (Å²) in [6.45, 7) is 1.84. The van der Waals surface area contributed by atoms with Crippen LogP contribution in [0.1, 0.15) is 28.8 Å². The van der Waals surface area contributed by atoms with Gasteiger partial charge in [0.2, 0.25) is 10.0 Å². The molecule has 10 heteroatoms. The first kappa shape index (κ1) is 22.9. The third-order valence-corrected chi connectivity index (χ3v) is 6.15. The molecule has 1 unspecified atom stereocenters. The fourth-order valence-corrected chi connectivity index (χ4v) is 4.01. The number of ether oxygens (including phenoxy) is 2. The van der Waals surface area contributed by atoms with E-state index < -0.39 is 34.3 Å². The van der Waals surface area contributed by atoms with Gasteiger partial charge in [0.1, 0.15) is 5.82 Å². The average Bonchev–Trinajstić information content (AvgIpc) is 3.27. The zero-order valence-electron chi connectivity index (χ0n) is 16.9. The van der Waals surface area contributed by atoms with E-state index in [1.54, 1.807) is 6.92 Å².